The monoisotopic (exact) mass is 262 g/mol. The maximum absolute atomic E-state index is 5.73. The molecule has 0 amide bonds. The zero-order valence-corrected chi connectivity index (χ0v) is 12.7. The molecule has 0 aliphatic rings. The van der Waals surface area contributed by atoms with Crippen LogP contribution in [0.15, 0.2) is 12.3 Å². The van der Waals surface area contributed by atoms with Gasteiger partial charge in [-0.3, -0.25) is 0 Å². The van der Waals surface area contributed by atoms with E-state index in [0.717, 1.165) is 25.7 Å². The Morgan fingerprint density at radius 3 is 2.00 bits per heavy atom. The average Bonchev–Trinajstić information content (AvgIpc) is 2.37. The van der Waals surface area contributed by atoms with Crippen molar-refractivity contribution in [2.45, 2.75) is 45.3 Å². The Bertz CT molecular complexity index is 196. The van der Waals surface area contributed by atoms with Crippen molar-refractivity contribution < 1.29 is 18.0 Å². The summed E-state index contributed by atoms with van der Waals surface area (Å²) in [4.78, 5) is 0. The Hall–Kier alpha value is -0.363. The largest absolute Gasteiger partial charge is 0.543 e. The van der Waals surface area contributed by atoms with Crippen LogP contribution < -0.4 is 0 Å². The highest BCUT2D eigenvalue weighted by Gasteiger charge is 2.48. The summed E-state index contributed by atoms with van der Waals surface area (Å²) < 4.78 is 22.1. The number of hydrogen-bond donors (Lipinski definition) is 0. The van der Waals surface area contributed by atoms with Gasteiger partial charge in [0.2, 0.25) is 0 Å². The van der Waals surface area contributed by atoms with Gasteiger partial charge in [-0.1, -0.05) is 26.7 Å². The lowest BCUT2D eigenvalue weighted by molar-refractivity contribution is 0.0473. The van der Waals surface area contributed by atoms with Crippen molar-refractivity contribution >= 4 is 8.80 Å². The van der Waals surface area contributed by atoms with Crippen LogP contribution in [-0.4, -0.2) is 35.9 Å². The number of ether oxygens (including phenoxy) is 1. The zero-order chi connectivity index (χ0) is 13.1. The molecular formula is C12H26O4Si. The summed E-state index contributed by atoms with van der Waals surface area (Å²) in [5.41, 5.74) is -0.138. The summed E-state index contributed by atoms with van der Waals surface area (Å²) in [5.74, 6) is 0. The quantitative estimate of drug-likeness (QED) is 0.448. The van der Waals surface area contributed by atoms with E-state index < -0.39 is 8.80 Å². The molecule has 0 saturated heterocycles. The van der Waals surface area contributed by atoms with Crippen LogP contribution >= 0.6 is 0 Å². The number of rotatable bonds is 10. The molecule has 0 N–H and O–H groups in total. The van der Waals surface area contributed by atoms with Crippen molar-refractivity contribution in [3.05, 3.63) is 12.3 Å². The first-order chi connectivity index (χ1) is 8.20. The van der Waals surface area contributed by atoms with Crippen molar-refractivity contribution in [3.8, 4) is 0 Å². The first-order valence-electron chi connectivity index (χ1n) is 6.16. The molecule has 0 aromatic rings. The molecule has 1 unspecified atom stereocenters. The van der Waals surface area contributed by atoms with Crippen LogP contribution in [0.25, 0.3) is 0 Å². The minimum atomic E-state index is -2.70. The Morgan fingerprint density at radius 2 is 1.59 bits per heavy atom. The first kappa shape index (κ1) is 16.6. The second kappa shape index (κ2) is 9.64. The molecule has 102 valence electrons. The van der Waals surface area contributed by atoms with Crippen LogP contribution in [0.3, 0.4) is 0 Å². The van der Waals surface area contributed by atoms with Crippen molar-refractivity contribution in [1.82, 2.24) is 0 Å². The SMILES string of the molecule is CCCC=COC(CCC)[Si](OC)(OC)OC. The van der Waals surface area contributed by atoms with E-state index in [1.54, 1.807) is 27.6 Å². The van der Waals surface area contributed by atoms with Crippen molar-refractivity contribution in [1.29, 1.82) is 0 Å². The van der Waals surface area contributed by atoms with Crippen LogP contribution in [0, 0.1) is 0 Å². The van der Waals surface area contributed by atoms with Crippen LogP contribution in [0.5, 0.6) is 0 Å². The maximum Gasteiger partial charge on any atom is 0.543 e. The molecule has 0 aromatic carbocycles. The van der Waals surface area contributed by atoms with Gasteiger partial charge in [-0.25, -0.2) is 0 Å². The summed E-state index contributed by atoms with van der Waals surface area (Å²) in [6.07, 6.45) is 7.74. The third-order valence-corrected chi connectivity index (χ3v) is 5.51. The fourth-order valence-electron chi connectivity index (χ4n) is 1.62. The predicted octanol–water partition coefficient (Wildman–Crippen LogP) is 2.90. The molecule has 17 heavy (non-hydrogen) atoms. The molecule has 0 spiro atoms. The topological polar surface area (TPSA) is 36.9 Å². The molecule has 0 radical (unpaired) electrons. The van der Waals surface area contributed by atoms with E-state index in [1.807, 2.05) is 6.08 Å². The van der Waals surface area contributed by atoms with E-state index in [1.165, 1.54) is 0 Å². The minimum absolute atomic E-state index is 0.138. The molecule has 0 aliphatic carbocycles. The second-order valence-electron chi connectivity index (χ2n) is 3.79. The molecule has 4 nitrogen and oxygen atoms in total. The normalized spacial score (nSPS) is 14.2. The van der Waals surface area contributed by atoms with Gasteiger partial charge in [0.1, 0.15) is 0 Å². The molecular weight excluding hydrogens is 236 g/mol. The van der Waals surface area contributed by atoms with Crippen molar-refractivity contribution in [2.24, 2.45) is 0 Å². The summed E-state index contributed by atoms with van der Waals surface area (Å²) >= 11 is 0. The third-order valence-electron chi connectivity index (χ3n) is 2.59. The van der Waals surface area contributed by atoms with Crippen LogP contribution in [-0.2, 0) is 18.0 Å². The van der Waals surface area contributed by atoms with Gasteiger partial charge in [-0.2, -0.15) is 0 Å². The lowest BCUT2D eigenvalue weighted by Crippen LogP contribution is -2.55. The summed E-state index contributed by atoms with van der Waals surface area (Å²) in [6.45, 7) is 4.23. The van der Waals surface area contributed by atoms with E-state index in [2.05, 4.69) is 13.8 Å². The predicted molar refractivity (Wildman–Crippen MR) is 70.6 cm³/mol. The summed E-state index contributed by atoms with van der Waals surface area (Å²) in [6, 6.07) is 0. The van der Waals surface area contributed by atoms with Crippen molar-refractivity contribution in [3.63, 3.8) is 0 Å². The number of hydrogen-bond acceptors (Lipinski definition) is 4. The van der Waals surface area contributed by atoms with Gasteiger partial charge in [0.15, 0.2) is 5.73 Å². The minimum Gasteiger partial charge on any atom is -0.494 e. The molecule has 0 aliphatic heterocycles. The van der Waals surface area contributed by atoms with E-state index in [-0.39, 0.29) is 5.73 Å². The fraction of sp³-hybridized carbons (Fsp3) is 0.833. The van der Waals surface area contributed by atoms with Gasteiger partial charge in [-0.05, 0) is 18.9 Å². The fourth-order valence-corrected chi connectivity index (χ4v) is 3.80. The number of unbranched alkanes of at least 4 members (excludes halogenated alkanes) is 1. The van der Waals surface area contributed by atoms with Gasteiger partial charge in [0.05, 0.1) is 6.26 Å². The Morgan fingerprint density at radius 1 is 1.00 bits per heavy atom. The maximum atomic E-state index is 5.73. The third kappa shape index (κ3) is 5.20. The molecule has 0 bridgehead atoms. The molecule has 0 heterocycles. The van der Waals surface area contributed by atoms with Crippen LogP contribution in [0.1, 0.15) is 39.5 Å². The van der Waals surface area contributed by atoms with E-state index >= 15 is 0 Å². The summed E-state index contributed by atoms with van der Waals surface area (Å²) in [7, 11) is 2.13. The van der Waals surface area contributed by atoms with Gasteiger partial charge in [0, 0.05) is 21.3 Å². The molecule has 0 fully saturated rings. The van der Waals surface area contributed by atoms with Crippen molar-refractivity contribution in [2.75, 3.05) is 21.3 Å². The molecule has 1 atom stereocenters. The smallest absolute Gasteiger partial charge is 0.494 e. The van der Waals surface area contributed by atoms with E-state index in [0.29, 0.717) is 0 Å². The molecule has 5 heteroatoms. The van der Waals surface area contributed by atoms with Crippen LogP contribution in [0.2, 0.25) is 0 Å². The first-order valence-corrected chi connectivity index (χ1v) is 7.96. The molecule has 0 rings (SSSR count). The van der Waals surface area contributed by atoms with Gasteiger partial charge >= 0.3 is 8.80 Å². The lowest BCUT2D eigenvalue weighted by Gasteiger charge is -2.31. The van der Waals surface area contributed by atoms with Crippen LogP contribution in [0.4, 0.5) is 0 Å². The highest BCUT2D eigenvalue weighted by Crippen LogP contribution is 2.20. The highest BCUT2D eigenvalue weighted by atomic mass is 28.4. The van der Waals surface area contributed by atoms with Gasteiger partial charge in [0.25, 0.3) is 0 Å². The lowest BCUT2D eigenvalue weighted by atomic mass is 10.3. The van der Waals surface area contributed by atoms with Gasteiger partial charge < -0.3 is 18.0 Å². The van der Waals surface area contributed by atoms with E-state index in [4.69, 9.17) is 18.0 Å². The second-order valence-corrected chi connectivity index (χ2v) is 6.87. The Kier molecular flexibility index (Phi) is 9.44. The highest BCUT2D eigenvalue weighted by molar-refractivity contribution is 6.62. The summed E-state index contributed by atoms with van der Waals surface area (Å²) in [5, 5.41) is 0. The Labute approximate surface area is 106 Å². The van der Waals surface area contributed by atoms with E-state index in [9.17, 15) is 0 Å². The Balaban J connectivity index is 4.56. The number of allylic oxidation sites excluding steroid dienone is 1. The zero-order valence-electron chi connectivity index (χ0n) is 11.7. The molecule has 0 saturated carbocycles. The molecule has 0 aromatic heterocycles. The standard InChI is InChI=1S/C12H26O4Si/c1-6-8-9-11-16-12(10-7-2)17(13-3,14-4)15-5/h9,11-12H,6-8,10H2,1-5H3. The average molecular weight is 262 g/mol. The van der Waals surface area contributed by atoms with Gasteiger partial charge in [-0.15, -0.1) is 0 Å².